The number of Topliss-reactive ketones (excluding diaryl/α,β-unsaturated/α-hetero) is 1. The van der Waals surface area contributed by atoms with Crippen LogP contribution in [-0.4, -0.2) is 28.3 Å². The zero-order chi connectivity index (χ0) is 15.9. The molecular formula is C18H24N2O2. The Morgan fingerprint density at radius 3 is 2.59 bits per heavy atom. The van der Waals surface area contributed by atoms with E-state index in [0.29, 0.717) is 19.4 Å². The molecule has 0 aliphatic carbocycles. The molecule has 0 fully saturated rings. The molecule has 0 aliphatic heterocycles. The second-order valence-electron chi connectivity index (χ2n) is 5.65. The highest BCUT2D eigenvalue weighted by molar-refractivity contribution is 5.80. The molecule has 0 saturated carbocycles. The molecular weight excluding hydrogens is 276 g/mol. The van der Waals surface area contributed by atoms with Crippen molar-refractivity contribution in [2.45, 2.75) is 46.3 Å². The van der Waals surface area contributed by atoms with E-state index in [0.717, 1.165) is 23.4 Å². The molecule has 118 valence electrons. The summed E-state index contributed by atoms with van der Waals surface area (Å²) in [5.74, 6) is 0.266. The Hall–Kier alpha value is -1.94. The lowest BCUT2D eigenvalue weighted by Gasteiger charge is -2.07. The van der Waals surface area contributed by atoms with Gasteiger partial charge in [-0.15, -0.1) is 0 Å². The van der Waals surface area contributed by atoms with Gasteiger partial charge < -0.3 is 4.74 Å². The normalized spacial score (nSPS) is 11.1. The first kappa shape index (κ1) is 16.4. The molecule has 0 N–H and O–H groups in total. The van der Waals surface area contributed by atoms with Crippen LogP contribution < -0.4 is 0 Å². The molecule has 0 saturated heterocycles. The lowest BCUT2D eigenvalue weighted by Crippen LogP contribution is -2.10. The third-order valence-corrected chi connectivity index (χ3v) is 3.46. The summed E-state index contributed by atoms with van der Waals surface area (Å²) in [6.07, 6.45) is 3.31. The van der Waals surface area contributed by atoms with Gasteiger partial charge in [0.05, 0.1) is 24.9 Å². The van der Waals surface area contributed by atoms with E-state index in [1.54, 1.807) is 0 Å². The summed E-state index contributed by atoms with van der Waals surface area (Å²) in [5, 5.41) is 4.55. The van der Waals surface area contributed by atoms with Gasteiger partial charge in [-0.1, -0.05) is 31.2 Å². The fraction of sp³-hybridized carbons (Fsp3) is 0.444. The molecule has 1 aromatic carbocycles. The highest BCUT2D eigenvalue weighted by Gasteiger charge is 2.05. The number of carbonyl (C=O) groups excluding carboxylic acids is 1. The predicted molar refractivity (Wildman–Crippen MR) is 87.8 cm³/mol. The first-order valence-electron chi connectivity index (χ1n) is 7.84. The number of hydrogen-bond donors (Lipinski definition) is 0. The van der Waals surface area contributed by atoms with Gasteiger partial charge in [0.1, 0.15) is 5.78 Å². The van der Waals surface area contributed by atoms with E-state index in [2.05, 4.69) is 5.10 Å². The standard InChI is InChI=1S/C18H24N2O2/c1-4-17(21)13-15-5-7-16(8-6-15)18-9-10-20(19-18)11-12-22-14(2)3/h5-10,14H,4,11-13H2,1-3H3. The van der Waals surface area contributed by atoms with E-state index in [-0.39, 0.29) is 11.9 Å². The van der Waals surface area contributed by atoms with Crippen LogP contribution in [0.1, 0.15) is 32.8 Å². The maximum Gasteiger partial charge on any atom is 0.136 e. The molecule has 0 amide bonds. The zero-order valence-corrected chi connectivity index (χ0v) is 13.6. The van der Waals surface area contributed by atoms with Crippen LogP contribution in [0.5, 0.6) is 0 Å². The van der Waals surface area contributed by atoms with Gasteiger partial charge in [-0.05, 0) is 25.5 Å². The Morgan fingerprint density at radius 2 is 1.95 bits per heavy atom. The fourth-order valence-electron chi connectivity index (χ4n) is 2.17. The molecule has 0 aliphatic rings. The summed E-state index contributed by atoms with van der Waals surface area (Å²) < 4.78 is 7.43. The largest absolute Gasteiger partial charge is 0.377 e. The van der Waals surface area contributed by atoms with E-state index >= 15 is 0 Å². The quantitative estimate of drug-likeness (QED) is 0.749. The third kappa shape index (κ3) is 4.81. The summed E-state index contributed by atoms with van der Waals surface area (Å²) in [4.78, 5) is 11.5. The van der Waals surface area contributed by atoms with Crippen molar-refractivity contribution in [2.24, 2.45) is 0 Å². The minimum absolute atomic E-state index is 0.244. The molecule has 0 spiro atoms. The SMILES string of the molecule is CCC(=O)Cc1ccc(-c2ccn(CCOC(C)C)n2)cc1. The van der Waals surface area contributed by atoms with Crippen molar-refractivity contribution in [3.05, 3.63) is 42.1 Å². The topological polar surface area (TPSA) is 44.1 Å². The summed E-state index contributed by atoms with van der Waals surface area (Å²) in [7, 11) is 0. The van der Waals surface area contributed by atoms with Crippen LogP contribution in [0.2, 0.25) is 0 Å². The first-order valence-corrected chi connectivity index (χ1v) is 7.84. The van der Waals surface area contributed by atoms with Gasteiger partial charge in [0.25, 0.3) is 0 Å². The minimum Gasteiger partial charge on any atom is -0.377 e. The van der Waals surface area contributed by atoms with E-state index in [1.807, 2.05) is 62.0 Å². The second-order valence-corrected chi connectivity index (χ2v) is 5.65. The van der Waals surface area contributed by atoms with Crippen molar-refractivity contribution in [2.75, 3.05) is 6.61 Å². The predicted octanol–water partition coefficient (Wildman–Crippen LogP) is 3.50. The average Bonchev–Trinajstić information content (AvgIpc) is 2.96. The maximum atomic E-state index is 11.5. The molecule has 0 bridgehead atoms. The first-order chi connectivity index (χ1) is 10.6. The number of rotatable bonds is 8. The number of carbonyl (C=O) groups is 1. The number of nitrogens with zero attached hydrogens (tertiary/aromatic N) is 2. The molecule has 0 atom stereocenters. The van der Waals surface area contributed by atoms with Crippen LogP contribution in [0.3, 0.4) is 0 Å². The van der Waals surface area contributed by atoms with Gasteiger partial charge in [-0.25, -0.2) is 0 Å². The summed E-state index contributed by atoms with van der Waals surface area (Å²) in [5.41, 5.74) is 3.06. The van der Waals surface area contributed by atoms with E-state index in [1.165, 1.54) is 0 Å². The molecule has 1 aromatic heterocycles. The van der Waals surface area contributed by atoms with Gasteiger partial charge in [-0.3, -0.25) is 9.48 Å². The lowest BCUT2D eigenvalue weighted by atomic mass is 10.0. The van der Waals surface area contributed by atoms with Crippen LogP contribution in [0.4, 0.5) is 0 Å². The van der Waals surface area contributed by atoms with Crippen molar-refractivity contribution in [3.8, 4) is 11.3 Å². The molecule has 22 heavy (non-hydrogen) atoms. The van der Waals surface area contributed by atoms with Crippen molar-refractivity contribution in [1.82, 2.24) is 9.78 Å². The number of ether oxygens (including phenoxy) is 1. The summed E-state index contributed by atoms with van der Waals surface area (Å²) in [6, 6.07) is 10.1. The van der Waals surface area contributed by atoms with Crippen LogP contribution in [0.25, 0.3) is 11.3 Å². The Labute approximate surface area is 132 Å². The monoisotopic (exact) mass is 300 g/mol. The van der Waals surface area contributed by atoms with Crippen molar-refractivity contribution in [1.29, 1.82) is 0 Å². The molecule has 0 unspecified atom stereocenters. The Balaban J connectivity index is 1.97. The third-order valence-electron chi connectivity index (χ3n) is 3.46. The molecule has 2 aromatic rings. The van der Waals surface area contributed by atoms with Gasteiger partial charge >= 0.3 is 0 Å². The van der Waals surface area contributed by atoms with Crippen LogP contribution in [0.15, 0.2) is 36.5 Å². The van der Waals surface area contributed by atoms with Gasteiger partial charge in [0.15, 0.2) is 0 Å². The molecule has 1 heterocycles. The highest BCUT2D eigenvalue weighted by atomic mass is 16.5. The zero-order valence-electron chi connectivity index (χ0n) is 13.6. The fourth-order valence-corrected chi connectivity index (χ4v) is 2.17. The number of hydrogen-bond acceptors (Lipinski definition) is 3. The van der Waals surface area contributed by atoms with E-state index < -0.39 is 0 Å². The molecule has 4 heteroatoms. The van der Waals surface area contributed by atoms with Crippen LogP contribution >= 0.6 is 0 Å². The summed E-state index contributed by atoms with van der Waals surface area (Å²) in [6.45, 7) is 7.36. The Morgan fingerprint density at radius 1 is 1.23 bits per heavy atom. The lowest BCUT2D eigenvalue weighted by molar-refractivity contribution is -0.118. The molecule has 4 nitrogen and oxygen atoms in total. The minimum atomic E-state index is 0.244. The van der Waals surface area contributed by atoms with E-state index in [4.69, 9.17) is 4.74 Å². The van der Waals surface area contributed by atoms with Gasteiger partial charge in [-0.2, -0.15) is 5.10 Å². The Kier molecular flexibility index (Phi) is 5.90. The molecule has 2 rings (SSSR count). The van der Waals surface area contributed by atoms with Gasteiger partial charge in [0.2, 0.25) is 0 Å². The van der Waals surface area contributed by atoms with E-state index in [9.17, 15) is 4.79 Å². The van der Waals surface area contributed by atoms with Crippen LogP contribution in [-0.2, 0) is 22.5 Å². The second kappa shape index (κ2) is 7.90. The van der Waals surface area contributed by atoms with Crippen molar-refractivity contribution >= 4 is 5.78 Å². The van der Waals surface area contributed by atoms with Crippen molar-refractivity contribution in [3.63, 3.8) is 0 Å². The maximum absolute atomic E-state index is 11.5. The number of aromatic nitrogens is 2. The molecule has 0 radical (unpaired) electrons. The van der Waals surface area contributed by atoms with Gasteiger partial charge in [0, 0.05) is 24.6 Å². The Bertz CT molecular complexity index is 600. The smallest absolute Gasteiger partial charge is 0.136 e. The van der Waals surface area contributed by atoms with Crippen molar-refractivity contribution < 1.29 is 9.53 Å². The summed E-state index contributed by atoms with van der Waals surface area (Å²) >= 11 is 0. The van der Waals surface area contributed by atoms with Crippen LogP contribution in [0, 0.1) is 0 Å². The number of ketones is 1. The average molecular weight is 300 g/mol. The highest BCUT2D eigenvalue weighted by Crippen LogP contribution is 2.18. The number of benzene rings is 1.